The molecule has 82 valence electrons. The van der Waals surface area contributed by atoms with Gasteiger partial charge in [-0.1, -0.05) is 30.3 Å². The van der Waals surface area contributed by atoms with Crippen LogP contribution in [0.15, 0.2) is 30.3 Å². The van der Waals surface area contributed by atoms with Gasteiger partial charge in [0.25, 0.3) is 0 Å². The van der Waals surface area contributed by atoms with Gasteiger partial charge in [0, 0.05) is 6.61 Å². The molecule has 15 heavy (non-hydrogen) atoms. The van der Waals surface area contributed by atoms with Crippen LogP contribution in [0.5, 0.6) is 0 Å². The number of thioether (sulfide) groups is 1. The molecule has 1 nitrogen and oxygen atoms in total. The number of hydrogen-bond donors (Lipinski definition) is 0. The smallest absolute Gasteiger partial charge is 0.0717 e. The molecule has 0 bridgehead atoms. The van der Waals surface area contributed by atoms with Gasteiger partial charge >= 0.3 is 0 Å². The summed E-state index contributed by atoms with van der Waals surface area (Å²) in [5.74, 6) is 3.44. The van der Waals surface area contributed by atoms with E-state index in [4.69, 9.17) is 4.74 Å². The highest BCUT2D eigenvalue weighted by Gasteiger charge is 2.13. The van der Waals surface area contributed by atoms with Crippen LogP contribution >= 0.6 is 11.8 Å². The van der Waals surface area contributed by atoms with Gasteiger partial charge in [0.2, 0.25) is 0 Å². The third-order valence-corrected chi connectivity index (χ3v) is 3.85. The number of rotatable bonds is 4. The van der Waals surface area contributed by atoms with E-state index in [1.807, 2.05) is 6.07 Å². The molecule has 0 saturated carbocycles. The quantitative estimate of drug-likeness (QED) is 0.772. The van der Waals surface area contributed by atoms with E-state index in [1.165, 1.54) is 29.9 Å². The molecule has 2 heteroatoms. The first-order chi connectivity index (χ1) is 7.45. The first-order valence-corrected chi connectivity index (χ1v) is 6.80. The standard InChI is InChI=1S/C13H18OS/c1-2-4-12(5-3-1)10-14-11-13-6-8-15-9-7-13/h1-5,13H,6-11H2. The van der Waals surface area contributed by atoms with Crippen molar-refractivity contribution in [3.05, 3.63) is 35.9 Å². The molecule has 1 aromatic rings. The molecule has 1 aliphatic rings. The summed E-state index contributed by atoms with van der Waals surface area (Å²) in [7, 11) is 0. The van der Waals surface area contributed by atoms with Gasteiger partial charge in [-0.2, -0.15) is 11.8 Å². The maximum atomic E-state index is 5.75. The fourth-order valence-electron chi connectivity index (χ4n) is 1.83. The van der Waals surface area contributed by atoms with E-state index in [1.54, 1.807) is 0 Å². The Morgan fingerprint density at radius 3 is 2.60 bits per heavy atom. The molecule has 1 fully saturated rings. The molecular weight excluding hydrogens is 204 g/mol. The fraction of sp³-hybridized carbons (Fsp3) is 0.538. The summed E-state index contributed by atoms with van der Waals surface area (Å²) in [5.41, 5.74) is 1.28. The zero-order chi connectivity index (χ0) is 10.3. The number of hydrogen-bond acceptors (Lipinski definition) is 2. The van der Waals surface area contributed by atoms with Crippen molar-refractivity contribution in [2.24, 2.45) is 5.92 Å². The van der Waals surface area contributed by atoms with Gasteiger partial charge < -0.3 is 4.74 Å². The SMILES string of the molecule is c1ccc(COCC2CCSCC2)cc1. The van der Waals surface area contributed by atoms with Crippen LogP contribution in [-0.2, 0) is 11.3 Å². The average Bonchev–Trinajstić information content (AvgIpc) is 2.32. The van der Waals surface area contributed by atoms with Crippen molar-refractivity contribution in [2.45, 2.75) is 19.4 Å². The van der Waals surface area contributed by atoms with Gasteiger partial charge in [-0.05, 0) is 35.8 Å². The Morgan fingerprint density at radius 1 is 1.13 bits per heavy atom. The summed E-state index contributed by atoms with van der Waals surface area (Å²) in [4.78, 5) is 0. The lowest BCUT2D eigenvalue weighted by molar-refractivity contribution is 0.0842. The van der Waals surface area contributed by atoms with Crippen molar-refractivity contribution in [1.29, 1.82) is 0 Å². The second-order valence-electron chi connectivity index (χ2n) is 4.06. The van der Waals surface area contributed by atoms with Crippen molar-refractivity contribution in [1.82, 2.24) is 0 Å². The van der Waals surface area contributed by atoms with E-state index < -0.39 is 0 Å². The number of ether oxygens (including phenoxy) is 1. The largest absolute Gasteiger partial charge is 0.376 e. The monoisotopic (exact) mass is 222 g/mol. The van der Waals surface area contributed by atoms with Crippen molar-refractivity contribution in [3.63, 3.8) is 0 Å². The molecule has 0 unspecified atom stereocenters. The van der Waals surface area contributed by atoms with Gasteiger partial charge in [-0.15, -0.1) is 0 Å². The lowest BCUT2D eigenvalue weighted by atomic mass is 10.0. The van der Waals surface area contributed by atoms with E-state index in [0.29, 0.717) is 0 Å². The highest BCUT2D eigenvalue weighted by atomic mass is 32.2. The van der Waals surface area contributed by atoms with E-state index in [-0.39, 0.29) is 0 Å². The van der Waals surface area contributed by atoms with Gasteiger partial charge in [0.05, 0.1) is 6.61 Å². The molecule has 1 saturated heterocycles. The summed E-state index contributed by atoms with van der Waals surface area (Å²) < 4.78 is 5.75. The van der Waals surface area contributed by atoms with Gasteiger partial charge in [0.15, 0.2) is 0 Å². The minimum absolute atomic E-state index is 0.768. The summed E-state index contributed by atoms with van der Waals surface area (Å²) >= 11 is 2.07. The first-order valence-electron chi connectivity index (χ1n) is 5.64. The minimum Gasteiger partial charge on any atom is -0.376 e. The van der Waals surface area contributed by atoms with E-state index in [2.05, 4.69) is 36.0 Å². The topological polar surface area (TPSA) is 9.23 Å². The Hall–Kier alpha value is -0.470. The molecule has 0 aliphatic carbocycles. The molecular formula is C13H18OS. The molecule has 1 aliphatic heterocycles. The van der Waals surface area contributed by atoms with Crippen LogP contribution in [0.25, 0.3) is 0 Å². The fourth-order valence-corrected chi connectivity index (χ4v) is 3.03. The van der Waals surface area contributed by atoms with Crippen LogP contribution in [0.2, 0.25) is 0 Å². The number of benzene rings is 1. The maximum absolute atomic E-state index is 5.75. The Bertz CT molecular complexity index is 267. The summed E-state index contributed by atoms with van der Waals surface area (Å²) in [6, 6.07) is 10.4. The van der Waals surface area contributed by atoms with Gasteiger partial charge in [0.1, 0.15) is 0 Å². The zero-order valence-corrected chi connectivity index (χ0v) is 9.84. The van der Waals surface area contributed by atoms with Crippen LogP contribution in [0.4, 0.5) is 0 Å². The first kappa shape index (κ1) is 11.0. The third kappa shape index (κ3) is 3.88. The summed E-state index contributed by atoms with van der Waals surface area (Å²) in [6.07, 6.45) is 2.67. The minimum atomic E-state index is 0.768. The lowest BCUT2D eigenvalue weighted by Gasteiger charge is -2.20. The molecule has 0 spiro atoms. The molecule has 2 rings (SSSR count). The lowest BCUT2D eigenvalue weighted by Crippen LogP contribution is -2.15. The van der Waals surface area contributed by atoms with Crippen LogP contribution in [0.3, 0.4) is 0 Å². The Morgan fingerprint density at radius 2 is 1.87 bits per heavy atom. The molecule has 0 amide bonds. The highest BCUT2D eigenvalue weighted by molar-refractivity contribution is 7.99. The predicted octanol–water partition coefficient (Wildman–Crippen LogP) is 3.35. The van der Waals surface area contributed by atoms with Crippen molar-refractivity contribution < 1.29 is 4.74 Å². The predicted molar refractivity (Wildman–Crippen MR) is 66.1 cm³/mol. The van der Waals surface area contributed by atoms with E-state index in [9.17, 15) is 0 Å². The molecule has 0 aromatic heterocycles. The van der Waals surface area contributed by atoms with Crippen molar-refractivity contribution in [2.75, 3.05) is 18.1 Å². The zero-order valence-electron chi connectivity index (χ0n) is 9.02. The normalized spacial score (nSPS) is 17.9. The second kappa shape index (κ2) is 6.19. The maximum Gasteiger partial charge on any atom is 0.0717 e. The molecule has 1 aromatic carbocycles. The average molecular weight is 222 g/mol. The van der Waals surface area contributed by atoms with Crippen LogP contribution in [0.1, 0.15) is 18.4 Å². The van der Waals surface area contributed by atoms with Crippen LogP contribution < -0.4 is 0 Å². The Kier molecular flexibility index (Phi) is 4.55. The van der Waals surface area contributed by atoms with Crippen molar-refractivity contribution in [3.8, 4) is 0 Å². The molecule has 0 radical (unpaired) electrons. The second-order valence-corrected chi connectivity index (χ2v) is 5.28. The van der Waals surface area contributed by atoms with E-state index in [0.717, 1.165) is 19.1 Å². The van der Waals surface area contributed by atoms with Crippen LogP contribution in [-0.4, -0.2) is 18.1 Å². The highest BCUT2D eigenvalue weighted by Crippen LogP contribution is 2.22. The Balaban J connectivity index is 1.66. The third-order valence-electron chi connectivity index (χ3n) is 2.81. The van der Waals surface area contributed by atoms with Crippen molar-refractivity contribution >= 4 is 11.8 Å². The molecule has 0 atom stereocenters. The summed E-state index contributed by atoms with van der Waals surface area (Å²) in [6.45, 7) is 1.71. The molecule has 1 heterocycles. The van der Waals surface area contributed by atoms with Gasteiger partial charge in [-0.25, -0.2) is 0 Å². The van der Waals surface area contributed by atoms with E-state index >= 15 is 0 Å². The van der Waals surface area contributed by atoms with Gasteiger partial charge in [-0.3, -0.25) is 0 Å². The summed E-state index contributed by atoms with van der Waals surface area (Å²) in [5, 5.41) is 0. The van der Waals surface area contributed by atoms with Crippen LogP contribution in [0, 0.1) is 5.92 Å². The Labute approximate surface area is 96.2 Å². The molecule has 0 N–H and O–H groups in total.